The molecular weight excluding hydrogens is 456 g/mol. The number of carbonyl (C=O) groups excluding carboxylic acids is 2. The van der Waals surface area contributed by atoms with Gasteiger partial charge in [-0.1, -0.05) is 12.1 Å². The maximum atomic E-state index is 12.5. The van der Waals surface area contributed by atoms with E-state index in [2.05, 4.69) is 15.6 Å². The molecule has 4 rings (SSSR count). The van der Waals surface area contributed by atoms with Gasteiger partial charge in [0, 0.05) is 23.9 Å². The predicted molar refractivity (Wildman–Crippen MR) is 124 cm³/mol. The lowest BCUT2D eigenvalue weighted by Crippen LogP contribution is -2.24. The van der Waals surface area contributed by atoms with Crippen LogP contribution in [-0.4, -0.2) is 38.5 Å². The molecule has 2 amide bonds. The molecule has 1 saturated carbocycles. The molecule has 0 spiro atoms. The van der Waals surface area contributed by atoms with Crippen molar-refractivity contribution in [3.8, 4) is 11.3 Å². The first-order valence-corrected chi connectivity index (χ1v) is 13.0. The van der Waals surface area contributed by atoms with Gasteiger partial charge in [-0.05, 0) is 37.1 Å². The highest BCUT2D eigenvalue weighted by Crippen LogP contribution is 2.32. The zero-order valence-electron chi connectivity index (χ0n) is 16.8. The van der Waals surface area contributed by atoms with Crippen LogP contribution < -0.4 is 14.9 Å². The fourth-order valence-electron chi connectivity index (χ4n) is 2.75. The average Bonchev–Trinajstić information content (AvgIpc) is 3.31. The molecule has 31 heavy (non-hydrogen) atoms. The molecule has 0 atom stereocenters. The van der Waals surface area contributed by atoms with Gasteiger partial charge in [-0.3, -0.25) is 19.2 Å². The number of thiophene rings is 1. The number of anilines is 3. The van der Waals surface area contributed by atoms with Gasteiger partial charge < -0.3 is 5.32 Å². The van der Waals surface area contributed by atoms with Crippen LogP contribution in [0.3, 0.4) is 0 Å². The van der Waals surface area contributed by atoms with Crippen molar-refractivity contribution in [3.05, 3.63) is 46.7 Å². The summed E-state index contributed by atoms with van der Waals surface area (Å²) in [5, 5.41) is 8.54. The molecule has 0 unspecified atom stereocenters. The van der Waals surface area contributed by atoms with E-state index in [4.69, 9.17) is 0 Å². The number of nitrogens with zero attached hydrogens (tertiary/aromatic N) is 2. The first-order chi connectivity index (χ1) is 14.7. The summed E-state index contributed by atoms with van der Waals surface area (Å²) < 4.78 is 24.5. The lowest BCUT2D eigenvalue weighted by molar-refractivity contribution is -0.117. The van der Waals surface area contributed by atoms with Crippen LogP contribution in [0.15, 0.2) is 41.8 Å². The van der Waals surface area contributed by atoms with E-state index in [0.29, 0.717) is 26.4 Å². The highest BCUT2D eigenvalue weighted by atomic mass is 32.2. The highest BCUT2D eigenvalue weighted by molar-refractivity contribution is 7.92. The van der Waals surface area contributed by atoms with Crippen LogP contribution in [0.1, 0.15) is 22.5 Å². The standard InChI is InChI=1S/C20H20N4O4S3/c1-24(31(2,27)28)14-7-5-12(6-8-14)15-11-29-20(21-15)23-19(26)16-9-10-17(30-16)22-18(25)13-3-4-13/h5-11,13H,3-4H2,1-2H3,(H,22,25)(H,21,23,26). The van der Waals surface area contributed by atoms with Gasteiger partial charge in [-0.25, -0.2) is 13.4 Å². The smallest absolute Gasteiger partial charge is 0.267 e. The highest BCUT2D eigenvalue weighted by Gasteiger charge is 2.30. The van der Waals surface area contributed by atoms with E-state index < -0.39 is 10.0 Å². The van der Waals surface area contributed by atoms with Crippen molar-refractivity contribution in [1.82, 2.24) is 4.98 Å². The Labute approximate surface area is 188 Å². The van der Waals surface area contributed by atoms with Crippen molar-refractivity contribution < 1.29 is 18.0 Å². The molecule has 0 aliphatic heterocycles. The van der Waals surface area contributed by atoms with Crippen molar-refractivity contribution >= 4 is 60.3 Å². The van der Waals surface area contributed by atoms with Crippen LogP contribution in [0, 0.1) is 5.92 Å². The summed E-state index contributed by atoms with van der Waals surface area (Å²) in [5.41, 5.74) is 2.04. The van der Waals surface area contributed by atoms with Gasteiger partial charge in [-0.2, -0.15) is 0 Å². The van der Waals surface area contributed by atoms with Crippen LogP contribution in [-0.2, 0) is 14.8 Å². The number of hydrogen-bond acceptors (Lipinski definition) is 7. The van der Waals surface area contributed by atoms with Gasteiger partial charge in [0.25, 0.3) is 5.91 Å². The van der Waals surface area contributed by atoms with E-state index >= 15 is 0 Å². The van der Waals surface area contributed by atoms with Crippen LogP contribution in [0.4, 0.5) is 15.8 Å². The minimum absolute atomic E-state index is 0.00659. The lowest BCUT2D eigenvalue weighted by atomic mass is 10.1. The Kier molecular flexibility index (Phi) is 5.82. The molecule has 11 heteroatoms. The molecule has 2 heterocycles. The maximum Gasteiger partial charge on any atom is 0.267 e. The number of aromatic nitrogens is 1. The summed E-state index contributed by atoms with van der Waals surface area (Å²) in [6.07, 6.45) is 3.00. The molecule has 0 bridgehead atoms. The van der Waals surface area contributed by atoms with Gasteiger partial charge in [0.05, 0.1) is 27.5 Å². The van der Waals surface area contributed by atoms with Gasteiger partial charge in [0.15, 0.2) is 5.13 Å². The van der Waals surface area contributed by atoms with Crippen LogP contribution in [0.5, 0.6) is 0 Å². The van der Waals surface area contributed by atoms with Gasteiger partial charge in [0.2, 0.25) is 15.9 Å². The zero-order chi connectivity index (χ0) is 22.2. The van der Waals surface area contributed by atoms with E-state index in [1.54, 1.807) is 36.4 Å². The molecule has 3 aromatic rings. The van der Waals surface area contributed by atoms with Gasteiger partial charge >= 0.3 is 0 Å². The minimum Gasteiger partial charge on any atom is -0.317 e. The minimum atomic E-state index is -3.33. The van der Waals surface area contributed by atoms with Crippen molar-refractivity contribution in [2.75, 3.05) is 28.2 Å². The van der Waals surface area contributed by atoms with E-state index in [0.717, 1.165) is 24.7 Å². The van der Waals surface area contributed by atoms with Gasteiger partial charge in [-0.15, -0.1) is 22.7 Å². The third-order valence-corrected chi connectivity index (χ3v) is 7.74. The fourth-order valence-corrected chi connectivity index (χ4v) is 4.78. The van der Waals surface area contributed by atoms with Crippen LogP contribution in [0.25, 0.3) is 11.3 Å². The molecule has 1 fully saturated rings. The molecule has 1 aliphatic rings. The Bertz CT molecular complexity index is 1230. The molecular formula is C20H20N4O4S3. The number of nitrogens with one attached hydrogen (secondary N) is 2. The lowest BCUT2D eigenvalue weighted by Gasteiger charge is -2.16. The van der Waals surface area contributed by atoms with E-state index in [9.17, 15) is 18.0 Å². The summed E-state index contributed by atoms with van der Waals surface area (Å²) in [5.74, 6) is -0.177. The van der Waals surface area contributed by atoms with Crippen molar-refractivity contribution in [1.29, 1.82) is 0 Å². The van der Waals surface area contributed by atoms with Crippen molar-refractivity contribution in [2.24, 2.45) is 5.92 Å². The topological polar surface area (TPSA) is 108 Å². The number of benzene rings is 1. The SMILES string of the molecule is CN(c1ccc(-c2csc(NC(=O)c3ccc(NC(=O)C4CC4)s3)n2)cc1)S(C)(=O)=O. The number of hydrogen-bond donors (Lipinski definition) is 2. The molecule has 2 aromatic heterocycles. The summed E-state index contributed by atoms with van der Waals surface area (Å²) in [7, 11) is -1.83. The third kappa shape index (κ3) is 5.12. The fraction of sp³-hybridized carbons (Fsp3) is 0.250. The Morgan fingerprint density at radius 2 is 1.81 bits per heavy atom. The monoisotopic (exact) mass is 476 g/mol. The largest absolute Gasteiger partial charge is 0.317 e. The summed E-state index contributed by atoms with van der Waals surface area (Å²) in [6.45, 7) is 0. The zero-order valence-corrected chi connectivity index (χ0v) is 19.2. The molecule has 0 saturated heterocycles. The molecule has 1 aromatic carbocycles. The van der Waals surface area contributed by atoms with Crippen molar-refractivity contribution in [2.45, 2.75) is 12.8 Å². The normalized spacial score (nSPS) is 13.6. The number of sulfonamides is 1. The maximum absolute atomic E-state index is 12.5. The number of carbonyl (C=O) groups is 2. The molecule has 1 aliphatic carbocycles. The summed E-state index contributed by atoms with van der Waals surface area (Å²) >= 11 is 2.52. The predicted octanol–water partition coefficient (Wildman–Crippen LogP) is 3.87. The Morgan fingerprint density at radius 3 is 2.45 bits per heavy atom. The average molecular weight is 477 g/mol. The Balaban J connectivity index is 1.40. The second-order valence-corrected chi connectivity index (χ2v) is 11.2. The van der Waals surface area contributed by atoms with Gasteiger partial charge in [0.1, 0.15) is 0 Å². The van der Waals surface area contributed by atoms with Crippen LogP contribution >= 0.6 is 22.7 Å². The summed E-state index contributed by atoms with van der Waals surface area (Å²) in [6, 6.07) is 10.4. The van der Waals surface area contributed by atoms with E-state index in [1.165, 1.54) is 34.0 Å². The van der Waals surface area contributed by atoms with Crippen LogP contribution in [0.2, 0.25) is 0 Å². The Hall–Kier alpha value is -2.76. The van der Waals surface area contributed by atoms with E-state index in [1.807, 2.05) is 5.38 Å². The van der Waals surface area contributed by atoms with Crippen molar-refractivity contribution in [3.63, 3.8) is 0 Å². The molecule has 8 nitrogen and oxygen atoms in total. The second-order valence-electron chi connectivity index (χ2n) is 7.20. The number of rotatable bonds is 7. The molecule has 2 N–H and O–H groups in total. The Morgan fingerprint density at radius 1 is 1.10 bits per heavy atom. The first kappa shape index (κ1) is 21.5. The third-order valence-electron chi connectivity index (χ3n) is 4.77. The summed E-state index contributed by atoms with van der Waals surface area (Å²) in [4.78, 5) is 29.3. The number of thiazole rings is 1. The molecule has 162 valence electrons. The number of amides is 2. The van der Waals surface area contributed by atoms with E-state index in [-0.39, 0.29) is 17.7 Å². The second kappa shape index (κ2) is 8.40. The first-order valence-electron chi connectivity index (χ1n) is 9.42. The molecule has 0 radical (unpaired) electrons. The quantitative estimate of drug-likeness (QED) is 0.538.